The summed E-state index contributed by atoms with van der Waals surface area (Å²) >= 11 is 4.41. The molecule has 2 heterocycles. The number of halogens is 2. The molecule has 26 heavy (non-hydrogen) atoms. The summed E-state index contributed by atoms with van der Waals surface area (Å²) in [5.74, 6) is -0.620. The molecule has 1 amide bonds. The van der Waals surface area contributed by atoms with E-state index in [-0.39, 0.29) is 47.6 Å². The van der Waals surface area contributed by atoms with Crippen molar-refractivity contribution < 1.29 is 22.3 Å². The topological polar surface area (TPSA) is 66.9 Å². The second-order valence-corrected chi connectivity index (χ2v) is 10.2. The highest BCUT2D eigenvalue weighted by atomic mass is 79.9. The zero-order valence-corrected chi connectivity index (χ0v) is 17.0. The molecule has 6 nitrogen and oxygen atoms in total. The first kappa shape index (κ1) is 19.3. The zero-order chi connectivity index (χ0) is 18.9. The highest BCUT2D eigenvalue weighted by Crippen LogP contribution is 2.29. The van der Waals surface area contributed by atoms with Crippen molar-refractivity contribution in [2.75, 3.05) is 33.3 Å². The molecule has 140 valence electrons. The number of carbonyl (C=O) groups excluding carboxylic acids is 1. The van der Waals surface area contributed by atoms with Crippen LogP contribution in [-0.2, 0) is 10.0 Å². The Morgan fingerprint density at radius 1 is 1.19 bits per heavy atom. The number of ether oxygens (including phenoxy) is 1. The zero-order valence-electron chi connectivity index (χ0n) is 13.8. The fraction of sp³-hybridized carbons (Fsp3) is 0.312. The van der Waals surface area contributed by atoms with Crippen LogP contribution in [0.4, 0.5) is 4.39 Å². The SMILES string of the molecule is COc1ccc(F)cc1C(=O)N1CCN(S(=O)(=O)c2ccc(Br)s2)CC1. The van der Waals surface area contributed by atoms with Crippen LogP contribution >= 0.6 is 27.3 Å². The van der Waals surface area contributed by atoms with Gasteiger partial charge in [-0.1, -0.05) is 0 Å². The molecule has 0 unspecified atom stereocenters. The van der Waals surface area contributed by atoms with Gasteiger partial charge in [-0.25, -0.2) is 12.8 Å². The van der Waals surface area contributed by atoms with E-state index < -0.39 is 15.8 Å². The Kier molecular flexibility index (Phi) is 5.66. The Morgan fingerprint density at radius 3 is 2.46 bits per heavy atom. The summed E-state index contributed by atoms with van der Waals surface area (Å²) in [6, 6.07) is 7.00. The van der Waals surface area contributed by atoms with Gasteiger partial charge in [-0.05, 0) is 46.3 Å². The van der Waals surface area contributed by atoms with Gasteiger partial charge in [0, 0.05) is 26.2 Å². The number of nitrogens with zero attached hydrogens (tertiary/aromatic N) is 2. The molecule has 0 radical (unpaired) electrons. The lowest BCUT2D eigenvalue weighted by atomic mass is 10.1. The summed E-state index contributed by atoms with van der Waals surface area (Å²) in [5, 5.41) is 0. The van der Waals surface area contributed by atoms with Crippen LogP contribution in [0.3, 0.4) is 0 Å². The van der Waals surface area contributed by atoms with Crippen LogP contribution in [0, 0.1) is 5.82 Å². The first-order valence-corrected chi connectivity index (χ1v) is 10.8. The third-order valence-corrected chi connectivity index (χ3v) is 8.05. The molecule has 10 heteroatoms. The summed E-state index contributed by atoms with van der Waals surface area (Å²) in [6.07, 6.45) is 0. The molecule has 0 N–H and O–H groups in total. The Bertz CT molecular complexity index is 924. The number of benzene rings is 1. The molecule has 2 aromatic rings. The normalized spacial score (nSPS) is 15.9. The minimum absolute atomic E-state index is 0.131. The smallest absolute Gasteiger partial charge is 0.257 e. The van der Waals surface area contributed by atoms with E-state index in [4.69, 9.17) is 4.74 Å². The molecule has 1 aromatic heterocycles. The number of sulfonamides is 1. The van der Waals surface area contributed by atoms with Crippen LogP contribution in [0.2, 0.25) is 0 Å². The Balaban J connectivity index is 1.73. The summed E-state index contributed by atoms with van der Waals surface area (Å²) in [5.41, 5.74) is 0.131. The molecule has 0 atom stereocenters. The van der Waals surface area contributed by atoms with Crippen molar-refractivity contribution in [3.05, 3.63) is 45.5 Å². The number of rotatable bonds is 4. The molecule has 1 aliphatic heterocycles. The lowest BCUT2D eigenvalue weighted by Crippen LogP contribution is -2.50. The van der Waals surface area contributed by atoms with Crippen molar-refractivity contribution in [1.82, 2.24) is 9.21 Å². The first-order chi connectivity index (χ1) is 12.3. The fourth-order valence-corrected chi connectivity index (χ4v) is 6.30. The number of hydrogen-bond donors (Lipinski definition) is 0. The maximum Gasteiger partial charge on any atom is 0.257 e. The molecular formula is C16H16BrFN2O4S2. The molecule has 0 aliphatic carbocycles. The molecule has 1 aliphatic rings. The quantitative estimate of drug-likeness (QED) is 0.700. The minimum atomic E-state index is -3.58. The monoisotopic (exact) mass is 462 g/mol. The number of carbonyl (C=O) groups is 1. The first-order valence-electron chi connectivity index (χ1n) is 7.71. The van der Waals surface area contributed by atoms with Crippen LogP contribution in [0.5, 0.6) is 5.75 Å². The van der Waals surface area contributed by atoms with Gasteiger partial charge in [-0.15, -0.1) is 11.3 Å². The second-order valence-electron chi connectivity index (χ2n) is 5.60. The Hall–Kier alpha value is -1.49. The average molecular weight is 463 g/mol. The van der Waals surface area contributed by atoms with Crippen molar-refractivity contribution >= 4 is 43.2 Å². The highest BCUT2D eigenvalue weighted by Gasteiger charge is 2.32. The van der Waals surface area contributed by atoms with Gasteiger partial charge in [0.25, 0.3) is 15.9 Å². The summed E-state index contributed by atoms with van der Waals surface area (Å²) in [4.78, 5) is 14.2. The highest BCUT2D eigenvalue weighted by molar-refractivity contribution is 9.11. The Morgan fingerprint density at radius 2 is 1.88 bits per heavy atom. The van der Waals surface area contributed by atoms with Crippen molar-refractivity contribution in [3.8, 4) is 5.75 Å². The second kappa shape index (κ2) is 7.63. The lowest BCUT2D eigenvalue weighted by molar-refractivity contribution is 0.0694. The van der Waals surface area contributed by atoms with Crippen LogP contribution < -0.4 is 4.74 Å². The average Bonchev–Trinajstić information content (AvgIpc) is 3.08. The molecule has 0 spiro atoms. The van der Waals surface area contributed by atoms with Crippen molar-refractivity contribution in [1.29, 1.82) is 0 Å². The Labute approximate surface area is 163 Å². The molecule has 1 saturated heterocycles. The predicted molar refractivity (Wildman–Crippen MR) is 99.6 cm³/mol. The van der Waals surface area contributed by atoms with Gasteiger partial charge < -0.3 is 9.64 Å². The largest absolute Gasteiger partial charge is 0.496 e. The maximum atomic E-state index is 13.5. The van der Waals surface area contributed by atoms with E-state index >= 15 is 0 Å². The fourth-order valence-electron chi connectivity index (χ4n) is 2.71. The van der Waals surface area contributed by atoms with Crippen LogP contribution in [0.15, 0.2) is 38.3 Å². The van der Waals surface area contributed by atoms with Gasteiger partial charge in [0.05, 0.1) is 16.5 Å². The van der Waals surface area contributed by atoms with Gasteiger partial charge in [0.15, 0.2) is 0 Å². The van der Waals surface area contributed by atoms with Gasteiger partial charge in [-0.3, -0.25) is 4.79 Å². The van der Waals surface area contributed by atoms with E-state index in [2.05, 4.69) is 15.9 Å². The molecule has 0 bridgehead atoms. The number of thiophene rings is 1. The number of hydrogen-bond acceptors (Lipinski definition) is 5. The van der Waals surface area contributed by atoms with E-state index in [1.165, 1.54) is 28.4 Å². The third-order valence-electron chi connectivity index (χ3n) is 4.06. The molecule has 3 rings (SSSR count). The molecule has 1 fully saturated rings. The van der Waals surface area contributed by atoms with E-state index in [0.717, 1.165) is 21.2 Å². The molecular weight excluding hydrogens is 447 g/mol. The van der Waals surface area contributed by atoms with Crippen molar-refractivity contribution in [3.63, 3.8) is 0 Å². The van der Waals surface area contributed by atoms with E-state index in [9.17, 15) is 17.6 Å². The number of methoxy groups -OCH3 is 1. The standard InChI is InChI=1S/C16H16BrFN2O4S2/c1-24-13-3-2-11(18)10-12(13)16(21)19-6-8-20(9-7-19)26(22,23)15-5-4-14(17)25-15/h2-5,10H,6-9H2,1H3. The number of amides is 1. The molecule has 1 aromatic carbocycles. The van der Waals surface area contributed by atoms with Crippen molar-refractivity contribution in [2.45, 2.75) is 4.21 Å². The van der Waals surface area contributed by atoms with Gasteiger partial charge in [0.2, 0.25) is 0 Å². The van der Waals surface area contributed by atoms with Crippen molar-refractivity contribution in [2.24, 2.45) is 0 Å². The summed E-state index contributed by atoms with van der Waals surface area (Å²) in [6.45, 7) is 0.816. The number of piperazine rings is 1. The van der Waals surface area contributed by atoms with Crippen LogP contribution in [0.25, 0.3) is 0 Å². The summed E-state index contributed by atoms with van der Waals surface area (Å²) < 4.78 is 46.3. The third kappa shape index (κ3) is 3.78. The predicted octanol–water partition coefficient (Wildman–Crippen LogP) is 2.81. The van der Waals surface area contributed by atoms with E-state index in [0.29, 0.717) is 0 Å². The maximum absolute atomic E-state index is 13.5. The minimum Gasteiger partial charge on any atom is -0.496 e. The van der Waals surface area contributed by atoms with Gasteiger partial charge in [-0.2, -0.15) is 4.31 Å². The molecule has 0 saturated carbocycles. The van der Waals surface area contributed by atoms with E-state index in [1.807, 2.05) is 0 Å². The van der Waals surface area contributed by atoms with Crippen LogP contribution in [-0.4, -0.2) is 56.8 Å². The van der Waals surface area contributed by atoms with Crippen LogP contribution in [0.1, 0.15) is 10.4 Å². The van der Waals surface area contributed by atoms with Gasteiger partial charge >= 0.3 is 0 Å². The van der Waals surface area contributed by atoms with Gasteiger partial charge in [0.1, 0.15) is 15.8 Å². The lowest BCUT2D eigenvalue weighted by Gasteiger charge is -2.34. The summed E-state index contributed by atoms with van der Waals surface area (Å²) in [7, 11) is -2.16. The van der Waals surface area contributed by atoms with E-state index in [1.54, 1.807) is 12.1 Å².